The molecule has 150 valence electrons. The van der Waals surface area contributed by atoms with Gasteiger partial charge in [0.2, 0.25) is 5.91 Å². The lowest BCUT2D eigenvalue weighted by Crippen LogP contribution is -2.54. The minimum atomic E-state index is -3.49. The number of hydrogen-bond donors (Lipinski definition) is 0. The summed E-state index contributed by atoms with van der Waals surface area (Å²) in [7, 11) is -3.49. The minimum Gasteiger partial charge on any atom is -0.339 e. The number of halogens is 1. The third-order valence-electron chi connectivity index (χ3n) is 5.86. The molecule has 2 fully saturated rings. The van der Waals surface area contributed by atoms with Crippen molar-refractivity contribution in [3.8, 4) is 0 Å². The summed E-state index contributed by atoms with van der Waals surface area (Å²) in [5.74, 6) is 0.159. The van der Waals surface area contributed by atoms with E-state index in [2.05, 4.69) is 28.1 Å². The van der Waals surface area contributed by atoms with Crippen molar-refractivity contribution < 1.29 is 13.2 Å². The van der Waals surface area contributed by atoms with Crippen LogP contribution in [0.2, 0.25) is 0 Å². The van der Waals surface area contributed by atoms with E-state index in [0.29, 0.717) is 30.4 Å². The fraction of sp³-hybridized carbons (Fsp3) is 0.450. The van der Waals surface area contributed by atoms with Gasteiger partial charge in [-0.1, -0.05) is 43.2 Å². The molecule has 2 heterocycles. The molecule has 2 aliphatic rings. The van der Waals surface area contributed by atoms with Crippen molar-refractivity contribution in [3.63, 3.8) is 0 Å². The number of amides is 1. The van der Waals surface area contributed by atoms with Gasteiger partial charge in [-0.05, 0) is 46.5 Å². The highest BCUT2D eigenvalue weighted by atomic mass is 79.9. The molecule has 1 saturated carbocycles. The molecule has 0 radical (unpaired) electrons. The van der Waals surface area contributed by atoms with Crippen LogP contribution in [-0.4, -0.2) is 49.7 Å². The van der Waals surface area contributed by atoms with Crippen molar-refractivity contribution >= 4 is 43.2 Å². The first-order valence-corrected chi connectivity index (χ1v) is 12.6. The molecule has 1 aromatic heterocycles. The molecular weight excluding hydrogens is 460 g/mol. The van der Waals surface area contributed by atoms with Crippen molar-refractivity contribution in [2.45, 2.75) is 35.3 Å². The predicted molar refractivity (Wildman–Crippen MR) is 114 cm³/mol. The van der Waals surface area contributed by atoms with Crippen LogP contribution in [0.1, 0.15) is 31.2 Å². The third kappa shape index (κ3) is 3.56. The highest BCUT2D eigenvalue weighted by Gasteiger charge is 2.45. The number of thiophene rings is 1. The van der Waals surface area contributed by atoms with Gasteiger partial charge < -0.3 is 4.90 Å². The Morgan fingerprint density at radius 1 is 0.964 bits per heavy atom. The van der Waals surface area contributed by atoms with E-state index in [9.17, 15) is 13.2 Å². The molecule has 4 rings (SSSR count). The van der Waals surface area contributed by atoms with Crippen LogP contribution in [0.3, 0.4) is 0 Å². The minimum absolute atomic E-state index is 0.159. The zero-order chi connectivity index (χ0) is 19.8. The summed E-state index contributed by atoms with van der Waals surface area (Å²) >= 11 is 4.54. The Labute approximate surface area is 178 Å². The number of nitrogens with zero attached hydrogens (tertiary/aromatic N) is 2. The van der Waals surface area contributed by atoms with Crippen LogP contribution in [0.25, 0.3) is 0 Å². The Morgan fingerprint density at radius 3 is 2.18 bits per heavy atom. The zero-order valence-electron chi connectivity index (χ0n) is 15.5. The summed E-state index contributed by atoms with van der Waals surface area (Å²) in [6, 6.07) is 13.4. The molecule has 0 atom stereocenters. The highest BCUT2D eigenvalue weighted by Crippen LogP contribution is 2.43. The number of piperazine rings is 1. The lowest BCUT2D eigenvalue weighted by atomic mass is 9.77. The van der Waals surface area contributed by atoms with E-state index in [1.165, 1.54) is 15.6 Å². The summed E-state index contributed by atoms with van der Waals surface area (Å²) in [4.78, 5) is 15.4. The SMILES string of the molecule is O=C(N1CCN(S(=O)(=O)c2ccc(Br)s2)CC1)C1(c2ccccc2)CCCC1. The van der Waals surface area contributed by atoms with Gasteiger partial charge in [-0.2, -0.15) is 4.31 Å². The van der Waals surface area contributed by atoms with E-state index in [0.717, 1.165) is 35.0 Å². The topological polar surface area (TPSA) is 57.7 Å². The van der Waals surface area contributed by atoms with Crippen molar-refractivity contribution in [1.82, 2.24) is 9.21 Å². The normalized spacial score (nSPS) is 20.4. The van der Waals surface area contributed by atoms with Crippen LogP contribution in [-0.2, 0) is 20.2 Å². The Morgan fingerprint density at radius 2 is 1.61 bits per heavy atom. The number of sulfonamides is 1. The van der Waals surface area contributed by atoms with Gasteiger partial charge in [-0.15, -0.1) is 11.3 Å². The average Bonchev–Trinajstić information content (AvgIpc) is 3.38. The standard InChI is InChI=1S/C20H23BrN2O3S2/c21-17-8-9-18(27-17)28(25,26)23-14-12-22(13-15-23)19(24)20(10-4-5-11-20)16-6-2-1-3-7-16/h1-3,6-9H,4-5,10-15H2. The molecule has 2 aromatic rings. The van der Waals surface area contributed by atoms with E-state index in [4.69, 9.17) is 0 Å². The van der Waals surface area contributed by atoms with Crippen molar-refractivity contribution in [1.29, 1.82) is 0 Å². The maximum Gasteiger partial charge on any atom is 0.252 e. The Hall–Kier alpha value is -1.22. The monoisotopic (exact) mass is 482 g/mol. The van der Waals surface area contributed by atoms with Crippen LogP contribution in [0.5, 0.6) is 0 Å². The second-order valence-corrected chi connectivity index (χ2v) is 12.0. The molecule has 1 amide bonds. The first kappa shape index (κ1) is 20.1. The molecule has 1 saturated heterocycles. The Balaban J connectivity index is 1.49. The smallest absolute Gasteiger partial charge is 0.252 e. The van der Waals surface area contributed by atoms with E-state index in [1.54, 1.807) is 12.1 Å². The first-order valence-electron chi connectivity index (χ1n) is 9.54. The first-order chi connectivity index (χ1) is 13.4. The van der Waals surface area contributed by atoms with Gasteiger partial charge >= 0.3 is 0 Å². The van der Waals surface area contributed by atoms with Gasteiger partial charge in [0.1, 0.15) is 4.21 Å². The maximum absolute atomic E-state index is 13.5. The molecule has 28 heavy (non-hydrogen) atoms. The number of hydrogen-bond acceptors (Lipinski definition) is 4. The number of carbonyl (C=O) groups excluding carboxylic acids is 1. The van der Waals surface area contributed by atoms with Gasteiger partial charge in [-0.25, -0.2) is 8.42 Å². The quantitative estimate of drug-likeness (QED) is 0.664. The van der Waals surface area contributed by atoms with Crippen molar-refractivity contribution in [3.05, 3.63) is 51.8 Å². The van der Waals surface area contributed by atoms with Gasteiger partial charge in [0.05, 0.1) is 9.20 Å². The van der Waals surface area contributed by atoms with Crippen LogP contribution in [0.15, 0.2) is 50.5 Å². The van der Waals surface area contributed by atoms with E-state index >= 15 is 0 Å². The molecule has 1 aliphatic heterocycles. The average molecular weight is 483 g/mol. The summed E-state index contributed by atoms with van der Waals surface area (Å²) in [5.41, 5.74) is 0.650. The fourth-order valence-electron chi connectivity index (χ4n) is 4.36. The molecule has 1 aliphatic carbocycles. The van der Waals surface area contributed by atoms with E-state index < -0.39 is 15.4 Å². The maximum atomic E-state index is 13.5. The van der Waals surface area contributed by atoms with Gasteiger partial charge in [0.15, 0.2) is 0 Å². The van der Waals surface area contributed by atoms with Crippen molar-refractivity contribution in [2.75, 3.05) is 26.2 Å². The number of benzene rings is 1. The number of carbonyl (C=O) groups is 1. The molecule has 0 spiro atoms. The van der Waals surface area contributed by atoms with E-state index in [1.807, 2.05) is 23.1 Å². The summed E-state index contributed by atoms with van der Waals surface area (Å²) in [6.45, 7) is 1.57. The molecule has 5 nitrogen and oxygen atoms in total. The molecule has 0 N–H and O–H groups in total. The predicted octanol–water partition coefficient (Wildman–Crippen LogP) is 3.86. The lowest BCUT2D eigenvalue weighted by molar-refractivity contribution is -0.138. The summed E-state index contributed by atoms with van der Waals surface area (Å²) in [5, 5.41) is 0. The molecule has 1 aromatic carbocycles. The van der Waals surface area contributed by atoms with E-state index in [-0.39, 0.29) is 5.91 Å². The second-order valence-electron chi connectivity index (χ2n) is 7.41. The zero-order valence-corrected chi connectivity index (χ0v) is 18.7. The van der Waals surface area contributed by atoms with Crippen LogP contribution in [0.4, 0.5) is 0 Å². The molecular formula is C20H23BrN2O3S2. The Bertz CT molecular complexity index is 945. The largest absolute Gasteiger partial charge is 0.339 e. The second kappa shape index (κ2) is 7.89. The van der Waals surface area contributed by atoms with Crippen LogP contribution >= 0.6 is 27.3 Å². The lowest BCUT2D eigenvalue weighted by Gasteiger charge is -2.39. The van der Waals surface area contributed by atoms with Gasteiger partial charge in [-0.3, -0.25) is 4.79 Å². The van der Waals surface area contributed by atoms with Crippen LogP contribution in [0, 0.1) is 0 Å². The van der Waals surface area contributed by atoms with Gasteiger partial charge in [0, 0.05) is 26.2 Å². The Kier molecular flexibility index (Phi) is 5.66. The number of rotatable bonds is 4. The molecule has 0 unspecified atom stereocenters. The van der Waals surface area contributed by atoms with Crippen LogP contribution < -0.4 is 0 Å². The summed E-state index contributed by atoms with van der Waals surface area (Å²) < 4.78 is 28.3. The fourth-order valence-corrected chi connectivity index (χ4v) is 7.95. The third-order valence-corrected chi connectivity index (χ3v) is 9.85. The molecule has 8 heteroatoms. The summed E-state index contributed by atoms with van der Waals surface area (Å²) in [6.07, 6.45) is 3.86. The van der Waals surface area contributed by atoms with Gasteiger partial charge in [0.25, 0.3) is 10.0 Å². The highest BCUT2D eigenvalue weighted by molar-refractivity contribution is 9.11. The van der Waals surface area contributed by atoms with Crippen molar-refractivity contribution in [2.24, 2.45) is 0 Å². The molecule has 0 bridgehead atoms.